The number of hydrogen-bond acceptors (Lipinski definition) is 3. The molecule has 0 radical (unpaired) electrons. The molecule has 2 atom stereocenters. The van der Waals surface area contributed by atoms with Crippen LogP contribution in [0.25, 0.3) is 0 Å². The third-order valence-corrected chi connectivity index (χ3v) is 15.1. The Kier molecular flexibility index (Phi) is 7.36. The van der Waals surface area contributed by atoms with Crippen molar-refractivity contribution in [2.45, 2.75) is 104 Å². The van der Waals surface area contributed by atoms with E-state index in [-0.39, 0.29) is 28.0 Å². The van der Waals surface area contributed by atoms with Crippen molar-refractivity contribution in [3.8, 4) is 0 Å². The summed E-state index contributed by atoms with van der Waals surface area (Å²) in [7, 11) is -3.85. The summed E-state index contributed by atoms with van der Waals surface area (Å²) in [5.74, 6) is 0.233. The Bertz CT molecular complexity index is 406. The van der Waals surface area contributed by atoms with Crippen molar-refractivity contribution in [3.63, 3.8) is 0 Å². The minimum atomic E-state index is -2.08. The van der Waals surface area contributed by atoms with Gasteiger partial charge in [-0.15, -0.1) is 0 Å². The quantitative estimate of drug-likeness (QED) is 0.632. The number of carbonyl (C=O) groups is 1. The largest absolute Gasteiger partial charge is 0.518 e. The zero-order valence-corrected chi connectivity index (χ0v) is 19.7. The number of nitrogens with one attached hydrogen (secondary N) is 1. The molecule has 0 saturated carbocycles. The fraction of sp³-hybridized carbons (Fsp3) is 0.944. The first-order valence-electron chi connectivity index (χ1n) is 8.97. The van der Waals surface area contributed by atoms with E-state index in [1.54, 1.807) is 0 Å². The van der Waals surface area contributed by atoms with Crippen LogP contribution in [-0.4, -0.2) is 28.6 Å². The Morgan fingerprint density at radius 3 is 1.74 bits per heavy atom. The van der Waals surface area contributed by atoms with Gasteiger partial charge in [-0.2, -0.15) is 0 Å². The molecule has 5 heteroatoms. The van der Waals surface area contributed by atoms with Gasteiger partial charge in [-0.05, 0) is 29.1 Å². The molecule has 0 spiro atoms. The average Bonchev–Trinajstić information content (AvgIpc) is 2.31. The van der Waals surface area contributed by atoms with Crippen LogP contribution >= 0.6 is 0 Å². The molecule has 0 aromatic heterocycles. The first kappa shape index (κ1) is 22.9. The van der Waals surface area contributed by atoms with Gasteiger partial charge in [0.25, 0.3) is 8.32 Å². The predicted molar refractivity (Wildman–Crippen MR) is 107 cm³/mol. The second-order valence-electron chi connectivity index (χ2n) is 10.1. The highest BCUT2D eigenvalue weighted by Gasteiger charge is 2.44. The lowest BCUT2D eigenvalue weighted by Crippen LogP contribution is -2.61. The van der Waals surface area contributed by atoms with Gasteiger partial charge in [0.15, 0.2) is 0 Å². The van der Waals surface area contributed by atoms with Crippen LogP contribution in [0, 0.1) is 5.92 Å². The number of carbonyl (C=O) groups excluding carboxylic acids is 1. The van der Waals surface area contributed by atoms with Crippen molar-refractivity contribution in [1.82, 2.24) is 4.98 Å². The van der Waals surface area contributed by atoms with Crippen LogP contribution in [0.15, 0.2) is 0 Å². The first-order valence-corrected chi connectivity index (χ1v) is 14.9. The Balaban J connectivity index is 5.40. The zero-order valence-electron chi connectivity index (χ0n) is 17.7. The molecule has 0 heterocycles. The molecule has 0 saturated heterocycles. The number of hydrogen-bond donors (Lipinski definition) is 1. The Morgan fingerprint density at radius 2 is 1.43 bits per heavy atom. The minimum Gasteiger partial charge on any atom is -0.518 e. The normalized spacial score (nSPS) is 16.9. The maximum atomic E-state index is 13.0. The molecule has 0 aromatic rings. The van der Waals surface area contributed by atoms with Gasteiger partial charge in [-0.3, -0.25) is 4.79 Å². The molecule has 0 aliphatic heterocycles. The van der Waals surface area contributed by atoms with Crippen LogP contribution in [-0.2, 0) is 9.22 Å². The van der Waals surface area contributed by atoms with E-state index in [9.17, 15) is 4.79 Å². The van der Waals surface area contributed by atoms with E-state index in [0.29, 0.717) is 0 Å². The summed E-state index contributed by atoms with van der Waals surface area (Å²) in [6.45, 7) is 26.5. The summed E-state index contributed by atoms with van der Waals surface area (Å²) >= 11 is 0. The molecule has 138 valence electrons. The van der Waals surface area contributed by atoms with E-state index in [1.165, 1.54) is 0 Å². The van der Waals surface area contributed by atoms with Gasteiger partial charge in [-0.1, -0.05) is 74.9 Å². The molecule has 23 heavy (non-hydrogen) atoms. The van der Waals surface area contributed by atoms with Gasteiger partial charge in [-0.25, -0.2) is 0 Å². The Labute approximate surface area is 147 Å². The van der Waals surface area contributed by atoms with Gasteiger partial charge >= 0.3 is 5.97 Å². The molecular formula is C18H41NO2Si2. The Morgan fingerprint density at radius 1 is 1.00 bits per heavy atom. The predicted octanol–water partition coefficient (Wildman–Crippen LogP) is 5.54. The first-order chi connectivity index (χ1) is 9.96. The maximum absolute atomic E-state index is 13.0. The van der Waals surface area contributed by atoms with Crippen LogP contribution in [0.1, 0.15) is 61.8 Å². The summed E-state index contributed by atoms with van der Waals surface area (Å²) in [6, 6.07) is -0.199. The van der Waals surface area contributed by atoms with Gasteiger partial charge in [0.1, 0.15) is 14.3 Å². The fourth-order valence-corrected chi connectivity index (χ4v) is 4.29. The van der Waals surface area contributed by atoms with Gasteiger partial charge < -0.3 is 9.41 Å². The molecule has 1 N–H and O–H groups in total. The summed E-state index contributed by atoms with van der Waals surface area (Å²) < 4.78 is 6.11. The summed E-state index contributed by atoms with van der Waals surface area (Å²) in [4.78, 5) is 16.7. The molecule has 0 aliphatic rings. The smallest absolute Gasteiger partial charge is 0.309 e. The molecule has 0 rings (SSSR count). The molecule has 0 aliphatic carbocycles. The lowest BCUT2D eigenvalue weighted by atomic mass is 10.0. The SMILES string of the molecule is CC[C@@H](C)[C@H](N[Si](C)(C)C(C)(C)C)C(=O)O[Si](C)(C)C(C)(C)C. The lowest BCUT2D eigenvalue weighted by molar-refractivity contribution is -0.138. The average molecular weight is 360 g/mol. The lowest BCUT2D eigenvalue weighted by Gasteiger charge is -2.43. The van der Waals surface area contributed by atoms with Crippen molar-refractivity contribution in [3.05, 3.63) is 0 Å². The molecule has 0 amide bonds. The summed E-state index contributed by atoms with van der Waals surface area (Å²) in [5.41, 5.74) is 0. The van der Waals surface area contributed by atoms with E-state index in [4.69, 9.17) is 4.43 Å². The second-order valence-corrected chi connectivity index (χ2v) is 19.8. The maximum Gasteiger partial charge on any atom is 0.309 e. The van der Waals surface area contributed by atoms with Crippen molar-refractivity contribution < 1.29 is 9.22 Å². The van der Waals surface area contributed by atoms with Crippen LogP contribution in [0.2, 0.25) is 36.3 Å². The summed E-state index contributed by atoms with van der Waals surface area (Å²) in [6.07, 6.45) is 0.971. The van der Waals surface area contributed by atoms with E-state index >= 15 is 0 Å². The van der Waals surface area contributed by atoms with E-state index in [2.05, 4.69) is 86.6 Å². The monoisotopic (exact) mass is 359 g/mol. The zero-order chi connectivity index (χ0) is 18.9. The highest BCUT2D eigenvalue weighted by molar-refractivity contribution is 6.78. The highest BCUT2D eigenvalue weighted by atomic mass is 28.4. The van der Waals surface area contributed by atoms with E-state index in [0.717, 1.165) is 6.42 Å². The van der Waals surface area contributed by atoms with Gasteiger partial charge in [0.2, 0.25) is 0 Å². The van der Waals surface area contributed by atoms with E-state index in [1.807, 2.05) is 0 Å². The van der Waals surface area contributed by atoms with E-state index < -0.39 is 16.6 Å². The molecular weight excluding hydrogens is 318 g/mol. The molecule has 3 nitrogen and oxygen atoms in total. The topological polar surface area (TPSA) is 38.3 Å². The van der Waals surface area contributed by atoms with Crippen LogP contribution in [0.5, 0.6) is 0 Å². The standard InChI is InChI=1S/C18H41NO2Si2/c1-13-14(2)15(19-22(9,10)17(3,4)5)16(20)21-23(11,12)18(6,7)8/h14-15,19H,13H2,1-12H3/t14-,15+/m1/s1. The van der Waals surface area contributed by atoms with Crippen molar-refractivity contribution >= 4 is 22.5 Å². The minimum absolute atomic E-state index is 0.0413. The van der Waals surface area contributed by atoms with Crippen molar-refractivity contribution in [2.24, 2.45) is 5.92 Å². The van der Waals surface area contributed by atoms with Crippen LogP contribution in [0.3, 0.4) is 0 Å². The van der Waals surface area contributed by atoms with Crippen molar-refractivity contribution in [2.75, 3.05) is 0 Å². The number of rotatable bonds is 6. The molecule has 0 fully saturated rings. The fourth-order valence-electron chi connectivity index (χ4n) is 1.74. The highest BCUT2D eigenvalue weighted by Crippen LogP contribution is 2.38. The van der Waals surface area contributed by atoms with Crippen molar-refractivity contribution in [1.29, 1.82) is 0 Å². The Hall–Kier alpha value is -0.136. The summed E-state index contributed by atoms with van der Waals surface area (Å²) in [5, 5.41) is 0.232. The van der Waals surface area contributed by atoms with Gasteiger partial charge in [0.05, 0.1) is 0 Å². The second kappa shape index (κ2) is 7.40. The molecule has 0 aromatic carbocycles. The third-order valence-electron chi connectivity index (χ3n) is 6.02. The third kappa shape index (κ3) is 6.02. The molecule has 0 bridgehead atoms. The van der Waals surface area contributed by atoms with Gasteiger partial charge in [0, 0.05) is 0 Å². The van der Waals surface area contributed by atoms with Crippen LogP contribution in [0.4, 0.5) is 0 Å². The molecule has 0 unspecified atom stereocenters. The van der Waals surface area contributed by atoms with Crippen LogP contribution < -0.4 is 4.98 Å².